The number of anilines is 2. The number of amides is 1. The first kappa shape index (κ1) is 16.5. The lowest BCUT2D eigenvalue weighted by Crippen LogP contribution is -2.36. The summed E-state index contributed by atoms with van der Waals surface area (Å²) in [6, 6.07) is 8.27. The van der Waals surface area contributed by atoms with Gasteiger partial charge in [-0.3, -0.25) is 4.79 Å². The molecule has 3 heterocycles. The molecule has 0 unspecified atom stereocenters. The van der Waals surface area contributed by atoms with E-state index in [1.807, 2.05) is 6.07 Å². The van der Waals surface area contributed by atoms with Gasteiger partial charge in [-0.25, -0.2) is 9.37 Å². The Bertz CT molecular complexity index is 947. The van der Waals surface area contributed by atoms with Crippen LogP contribution in [0.5, 0.6) is 0 Å². The number of carbonyl (C=O) groups excluding carboxylic acids is 1. The van der Waals surface area contributed by atoms with Crippen LogP contribution in [0.2, 0.25) is 0 Å². The molecule has 0 atom stereocenters. The Morgan fingerprint density at radius 1 is 1.23 bits per heavy atom. The first-order chi connectivity index (χ1) is 12.6. The van der Waals surface area contributed by atoms with Gasteiger partial charge in [0, 0.05) is 24.0 Å². The second kappa shape index (κ2) is 6.76. The molecular weight excluding hydrogens is 337 g/mol. The quantitative estimate of drug-likeness (QED) is 0.780. The van der Waals surface area contributed by atoms with Crippen LogP contribution in [-0.2, 0) is 4.74 Å². The molecule has 0 bridgehead atoms. The molecule has 0 spiro atoms. The Morgan fingerprint density at radius 2 is 2.04 bits per heavy atom. The van der Waals surface area contributed by atoms with Crippen molar-refractivity contribution in [3.63, 3.8) is 0 Å². The number of hydrogen-bond acceptors (Lipinski definition) is 5. The van der Waals surface area contributed by atoms with E-state index in [0.29, 0.717) is 29.9 Å². The summed E-state index contributed by atoms with van der Waals surface area (Å²) in [4.78, 5) is 19.0. The van der Waals surface area contributed by atoms with E-state index in [-0.39, 0.29) is 11.3 Å². The number of rotatable bonds is 3. The van der Waals surface area contributed by atoms with E-state index in [9.17, 15) is 9.18 Å². The van der Waals surface area contributed by atoms with Gasteiger partial charge in [-0.2, -0.15) is 0 Å². The number of carbonyl (C=O) groups is 1. The number of halogens is 1. The summed E-state index contributed by atoms with van der Waals surface area (Å²) < 4.78 is 24.6. The van der Waals surface area contributed by atoms with E-state index < -0.39 is 11.7 Å². The minimum absolute atomic E-state index is 0.0935. The largest absolute Gasteiger partial charge is 0.448 e. The Hall–Kier alpha value is -2.93. The molecule has 1 amide bonds. The number of fused-ring (bicyclic) bond motifs is 1. The van der Waals surface area contributed by atoms with Gasteiger partial charge in [-0.05, 0) is 25.1 Å². The van der Waals surface area contributed by atoms with E-state index in [0.717, 1.165) is 18.9 Å². The highest BCUT2D eigenvalue weighted by molar-refractivity contribution is 6.06. The zero-order valence-electron chi connectivity index (χ0n) is 14.3. The molecule has 26 heavy (non-hydrogen) atoms. The lowest BCUT2D eigenvalue weighted by atomic mass is 10.1. The summed E-state index contributed by atoms with van der Waals surface area (Å²) in [5, 5.41) is 3.34. The first-order valence-corrected chi connectivity index (χ1v) is 8.41. The van der Waals surface area contributed by atoms with Gasteiger partial charge in [0.15, 0.2) is 17.2 Å². The third-order valence-corrected chi connectivity index (χ3v) is 4.46. The summed E-state index contributed by atoms with van der Waals surface area (Å²) in [5.41, 5.74) is 1.25. The van der Waals surface area contributed by atoms with Crippen molar-refractivity contribution < 1.29 is 18.3 Å². The van der Waals surface area contributed by atoms with E-state index in [2.05, 4.69) is 15.2 Å². The molecule has 6 nitrogen and oxygen atoms in total. The number of benzene rings is 1. The van der Waals surface area contributed by atoms with Crippen molar-refractivity contribution in [1.29, 1.82) is 0 Å². The highest BCUT2D eigenvalue weighted by atomic mass is 19.1. The number of aromatic nitrogens is 1. The van der Waals surface area contributed by atoms with Gasteiger partial charge in [0.25, 0.3) is 5.91 Å². The maximum Gasteiger partial charge on any atom is 0.291 e. The summed E-state index contributed by atoms with van der Waals surface area (Å²) in [5.74, 6) is 0.0239. The molecule has 1 N–H and O–H groups in total. The van der Waals surface area contributed by atoms with Crippen molar-refractivity contribution in [3.8, 4) is 0 Å². The van der Waals surface area contributed by atoms with E-state index >= 15 is 0 Å². The predicted molar refractivity (Wildman–Crippen MR) is 96.1 cm³/mol. The molecule has 1 fully saturated rings. The van der Waals surface area contributed by atoms with E-state index in [4.69, 9.17) is 9.15 Å². The molecule has 134 valence electrons. The number of aryl methyl sites for hydroxylation is 1. The number of hydrogen-bond donors (Lipinski definition) is 1. The Kier molecular flexibility index (Phi) is 4.30. The molecule has 1 aromatic carbocycles. The predicted octanol–water partition coefficient (Wildman–Crippen LogP) is 3.36. The van der Waals surface area contributed by atoms with Crippen LogP contribution in [0, 0.1) is 12.7 Å². The van der Waals surface area contributed by atoms with Gasteiger partial charge in [0.2, 0.25) is 0 Å². The van der Waals surface area contributed by atoms with Crippen LogP contribution < -0.4 is 10.2 Å². The van der Waals surface area contributed by atoms with Crippen LogP contribution in [0.4, 0.5) is 15.9 Å². The monoisotopic (exact) mass is 355 g/mol. The number of morpholine rings is 1. The minimum atomic E-state index is -0.485. The minimum Gasteiger partial charge on any atom is -0.448 e. The Labute approximate surface area is 149 Å². The van der Waals surface area contributed by atoms with Gasteiger partial charge < -0.3 is 19.4 Å². The summed E-state index contributed by atoms with van der Waals surface area (Å²) in [7, 11) is 0. The van der Waals surface area contributed by atoms with Gasteiger partial charge in [-0.15, -0.1) is 0 Å². The van der Waals surface area contributed by atoms with E-state index in [1.165, 1.54) is 6.07 Å². The van der Waals surface area contributed by atoms with Crippen molar-refractivity contribution >= 4 is 28.4 Å². The molecule has 2 aromatic heterocycles. The van der Waals surface area contributed by atoms with Gasteiger partial charge >= 0.3 is 0 Å². The molecule has 4 rings (SSSR count). The smallest absolute Gasteiger partial charge is 0.291 e. The summed E-state index contributed by atoms with van der Waals surface area (Å²) >= 11 is 0. The molecule has 1 saturated heterocycles. The van der Waals surface area contributed by atoms with Crippen LogP contribution >= 0.6 is 0 Å². The molecule has 3 aromatic rings. The summed E-state index contributed by atoms with van der Waals surface area (Å²) in [6.45, 7) is 4.69. The average Bonchev–Trinajstić information content (AvgIpc) is 3.01. The normalized spacial score (nSPS) is 14.6. The van der Waals surface area contributed by atoms with Crippen LogP contribution in [0.15, 0.2) is 40.9 Å². The van der Waals surface area contributed by atoms with E-state index in [1.54, 1.807) is 31.3 Å². The van der Waals surface area contributed by atoms with Crippen LogP contribution in [0.1, 0.15) is 16.1 Å². The molecular formula is C19H18FN3O3. The Balaban J connectivity index is 1.53. The molecule has 0 radical (unpaired) electrons. The number of furan rings is 1. The molecule has 0 aliphatic carbocycles. The standard InChI is InChI=1S/C19H18FN3O3/c1-12-14-3-2-4-15(20)18(14)26-17(12)19(24)22-13-5-6-16(21-11-13)23-7-9-25-10-8-23/h2-6,11H,7-10H2,1H3,(H,22,24). The fourth-order valence-corrected chi connectivity index (χ4v) is 3.05. The molecule has 0 saturated carbocycles. The van der Waals surface area contributed by atoms with Crippen LogP contribution in [0.3, 0.4) is 0 Å². The second-order valence-corrected chi connectivity index (χ2v) is 6.13. The zero-order valence-corrected chi connectivity index (χ0v) is 14.3. The number of nitrogens with one attached hydrogen (secondary N) is 1. The topological polar surface area (TPSA) is 67.6 Å². The fourth-order valence-electron chi connectivity index (χ4n) is 3.05. The van der Waals surface area contributed by atoms with Gasteiger partial charge in [-0.1, -0.05) is 12.1 Å². The Morgan fingerprint density at radius 3 is 2.73 bits per heavy atom. The van der Waals surface area contributed by atoms with Gasteiger partial charge in [0.05, 0.1) is 25.1 Å². The number of ether oxygens (including phenoxy) is 1. The average molecular weight is 355 g/mol. The van der Waals surface area contributed by atoms with Crippen molar-refractivity contribution in [3.05, 3.63) is 53.7 Å². The number of pyridine rings is 1. The second-order valence-electron chi connectivity index (χ2n) is 6.13. The number of para-hydroxylation sites is 1. The molecule has 7 heteroatoms. The maximum absolute atomic E-state index is 13.8. The lowest BCUT2D eigenvalue weighted by molar-refractivity contribution is 0.0997. The molecule has 1 aliphatic rings. The lowest BCUT2D eigenvalue weighted by Gasteiger charge is -2.27. The number of nitrogens with zero attached hydrogens (tertiary/aromatic N) is 2. The zero-order chi connectivity index (χ0) is 18.1. The van der Waals surface area contributed by atoms with Crippen molar-refractivity contribution in [2.75, 3.05) is 36.5 Å². The maximum atomic E-state index is 13.8. The van der Waals surface area contributed by atoms with Crippen molar-refractivity contribution in [1.82, 2.24) is 4.98 Å². The van der Waals surface area contributed by atoms with Crippen LogP contribution in [-0.4, -0.2) is 37.2 Å². The molecule has 1 aliphatic heterocycles. The van der Waals surface area contributed by atoms with Crippen LogP contribution in [0.25, 0.3) is 11.0 Å². The highest BCUT2D eigenvalue weighted by Gasteiger charge is 2.20. The van der Waals surface area contributed by atoms with Gasteiger partial charge in [0.1, 0.15) is 5.82 Å². The summed E-state index contributed by atoms with van der Waals surface area (Å²) in [6.07, 6.45) is 1.60. The van der Waals surface area contributed by atoms with Crippen molar-refractivity contribution in [2.24, 2.45) is 0 Å². The third kappa shape index (κ3) is 3.01. The SMILES string of the molecule is Cc1c(C(=O)Nc2ccc(N3CCOCC3)nc2)oc2c(F)cccc12. The fraction of sp³-hybridized carbons (Fsp3) is 0.263. The third-order valence-electron chi connectivity index (χ3n) is 4.46. The van der Waals surface area contributed by atoms with Crippen molar-refractivity contribution in [2.45, 2.75) is 6.92 Å². The highest BCUT2D eigenvalue weighted by Crippen LogP contribution is 2.28. The first-order valence-electron chi connectivity index (χ1n) is 8.41.